The standard InChI is InChI=1S/C15H15FN4/c1-19-10-11(9-18-19)14-6-3-7-20(14)15-5-2-4-13(16)12(15)8-17/h2,4-5,9-10,14H,3,6-7H2,1H3/t14-/m0/s1. The van der Waals surface area contributed by atoms with Gasteiger partial charge < -0.3 is 4.90 Å². The summed E-state index contributed by atoms with van der Waals surface area (Å²) in [4.78, 5) is 2.11. The molecular formula is C15H15FN4. The summed E-state index contributed by atoms with van der Waals surface area (Å²) in [5.41, 5.74) is 1.92. The van der Waals surface area contributed by atoms with Gasteiger partial charge in [0.15, 0.2) is 0 Å². The van der Waals surface area contributed by atoms with E-state index in [1.54, 1.807) is 10.7 Å². The van der Waals surface area contributed by atoms with Crippen molar-refractivity contribution in [1.82, 2.24) is 9.78 Å². The number of halogens is 1. The zero-order valence-corrected chi connectivity index (χ0v) is 11.3. The van der Waals surface area contributed by atoms with E-state index in [1.165, 1.54) is 6.07 Å². The van der Waals surface area contributed by atoms with E-state index in [0.717, 1.165) is 24.9 Å². The first kappa shape index (κ1) is 12.7. The third-order valence-corrected chi connectivity index (χ3v) is 3.78. The Bertz CT molecular complexity index is 671. The Labute approximate surface area is 117 Å². The molecule has 1 atom stereocenters. The van der Waals surface area contributed by atoms with Gasteiger partial charge in [0, 0.05) is 25.4 Å². The number of anilines is 1. The van der Waals surface area contributed by atoms with E-state index in [4.69, 9.17) is 0 Å². The third kappa shape index (κ3) is 2.03. The van der Waals surface area contributed by atoms with E-state index in [9.17, 15) is 9.65 Å². The molecule has 0 aliphatic carbocycles. The lowest BCUT2D eigenvalue weighted by Gasteiger charge is -2.27. The lowest BCUT2D eigenvalue weighted by Crippen LogP contribution is -2.23. The number of aryl methyl sites for hydroxylation is 1. The molecule has 2 heterocycles. The Morgan fingerprint density at radius 1 is 1.45 bits per heavy atom. The summed E-state index contributed by atoms with van der Waals surface area (Å²) in [6.07, 6.45) is 5.84. The fourth-order valence-electron chi connectivity index (χ4n) is 2.88. The quantitative estimate of drug-likeness (QED) is 0.843. The normalized spacial score (nSPS) is 18.2. The second-order valence-corrected chi connectivity index (χ2v) is 5.04. The van der Waals surface area contributed by atoms with E-state index in [-0.39, 0.29) is 11.6 Å². The monoisotopic (exact) mass is 270 g/mol. The topological polar surface area (TPSA) is 44.9 Å². The average Bonchev–Trinajstić information content (AvgIpc) is 3.06. The third-order valence-electron chi connectivity index (χ3n) is 3.78. The molecule has 1 aromatic carbocycles. The lowest BCUT2D eigenvalue weighted by atomic mass is 10.1. The van der Waals surface area contributed by atoms with Crippen LogP contribution in [0.2, 0.25) is 0 Å². The smallest absolute Gasteiger partial charge is 0.143 e. The minimum Gasteiger partial charge on any atom is -0.363 e. The highest BCUT2D eigenvalue weighted by Gasteiger charge is 2.29. The molecule has 4 nitrogen and oxygen atoms in total. The van der Waals surface area contributed by atoms with Gasteiger partial charge in [-0.3, -0.25) is 4.68 Å². The van der Waals surface area contributed by atoms with Gasteiger partial charge in [0.05, 0.1) is 17.9 Å². The molecule has 0 bridgehead atoms. The number of benzene rings is 1. The van der Waals surface area contributed by atoms with Gasteiger partial charge in [-0.2, -0.15) is 10.4 Å². The predicted molar refractivity (Wildman–Crippen MR) is 73.6 cm³/mol. The molecule has 0 amide bonds. The SMILES string of the molecule is Cn1cc([C@@H]2CCCN2c2cccc(F)c2C#N)cn1. The zero-order chi connectivity index (χ0) is 14.1. The Balaban J connectivity index is 2.01. The molecule has 1 aliphatic rings. The molecule has 1 fully saturated rings. The van der Waals surface area contributed by atoms with E-state index in [1.807, 2.05) is 31.6 Å². The largest absolute Gasteiger partial charge is 0.363 e. The van der Waals surface area contributed by atoms with Crippen LogP contribution in [0.3, 0.4) is 0 Å². The second-order valence-electron chi connectivity index (χ2n) is 5.04. The number of aromatic nitrogens is 2. The molecule has 0 N–H and O–H groups in total. The molecule has 102 valence electrons. The van der Waals surface area contributed by atoms with E-state index in [0.29, 0.717) is 5.69 Å². The van der Waals surface area contributed by atoms with Crippen LogP contribution in [0.1, 0.15) is 30.0 Å². The van der Waals surface area contributed by atoms with Crippen LogP contribution < -0.4 is 4.90 Å². The van der Waals surface area contributed by atoms with Crippen molar-refractivity contribution in [2.75, 3.05) is 11.4 Å². The first-order valence-electron chi connectivity index (χ1n) is 6.64. The number of hydrogen-bond acceptors (Lipinski definition) is 3. The maximum Gasteiger partial charge on any atom is 0.143 e. The van der Waals surface area contributed by atoms with Crippen molar-refractivity contribution in [2.24, 2.45) is 7.05 Å². The summed E-state index contributed by atoms with van der Waals surface area (Å²) in [6, 6.07) is 6.95. The van der Waals surface area contributed by atoms with E-state index >= 15 is 0 Å². The van der Waals surface area contributed by atoms with E-state index < -0.39 is 5.82 Å². The summed E-state index contributed by atoms with van der Waals surface area (Å²) in [6.45, 7) is 0.831. The van der Waals surface area contributed by atoms with Gasteiger partial charge in [-0.1, -0.05) is 6.07 Å². The van der Waals surface area contributed by atoms with Gasteiger partial charge in [0.25, 0.3) is 0 Å². The molecule has 0 radical (unpaired) electrons. The molecule has 0 saturated carbocycles. The molecule has 1 aromatic heterocycles. The second kappa shape index (κ2) is 4.97. The molecule has 0 unspecified atom stereocenters. The minimum absolute atomic E-state index is 0.128. The van der Waals surface area contributed by atoms with Crippen molar-refractivity contribution < 1.29 is 4.39 Å². The Kier molecular flexibility index (Phi) is 3.15. The summed E-state index contributed by atoms with van der Waals surface area (Å²) in [5, 5.41) is 13.4. The highest BCUT2D eigenvalue weighted by molar-refractivity contribution is 5.61. The van der Waals surface area contributed by atoms with Crippen LogP contribution in [-0.2, 0) is 7.05 Å². The first-order valence-corrected chi connectivity index (χ1v) is 6.64. The maximum atomic E-state index is 13.8. The molecule has 3 rings (SSSR count). The van der Waals surface area contributed by atoms with Gasteiger partial charge in [-0.15, -0.1) is 0 Å². The van der Waals surface area contributed by atoms with Crippen molar-refractivity contribution in [2.45, 2.75) is 18.9 Å². The van der Waals surface area contributed by atoms with Crippen LogP contribution in [0, 0.1) is 17.1 Å². The number of rotatable bonds is 2. The summed E-state index contributed by atoms with van der Waals surface area (Å²) in [5.74, 6) is -0.457. The molecule has 20 heavy (non-hydrogen) atoms. The molecule has 2 aromatic rings. The van der Waals surface area contributed by atoms with Gasteiger partial charge in [0.2, 0.25) is 0 Å². The Morgan fingerprint density at radius 2 is 2.30 bits per heavy atom. The Morgan fingerprint density at radius 3 is 3.00 bits per heavy atom. The molecule has 1 saturated heterocycles. The van der Waals surface area contributed by atoms with E-state index in [2.05, 4.69) is 10.00 Å². The zero-order valence-electron chi connectivity index (χ0n) is 11.3. The van der Waals surface area contributed by atoms with Gasteiger partial charge in [-0.25, -0.2) is 4.39 Å². The molecule has 5 heteroatoms. The fourth-order valence-corrected chi connectivity index (χ4v) is 2.88. The number of hydrogen-bond donors (Lipinski definition) is 0. The minimum atomic E-state index is -0.457. The van der Waals surface area contributed by atoms with Crippen molar-refractivity contribution in [3.63, 3.8) is 0 Å². The number of nitriles is 1. The summed E-state index contributed by atoms with van der Waals surface area (Å²) in [7, 11) is 1.88. The number of nitrogens with zero attached hydrogens (tertiary/aromatic N) is 4. The van der Waals surface area contributed by atoms with Crippen molar-refractivity contribution >= 4 is 5.69 Å². The van der Waals surface area contributed by atoms with Crippen LogP contribution >= 0.6 is 0 Å². The van der Waals surface area contributed by atoms with Gasteiger partial charge in [0.1, 0.15) is 17.4 Å². The Hall–Kier alpha value is -2.35. The average molecular weight is 270 g/mol. The van der Waals surface area contributed by atoms with Gasteiger partial charge >= 0.3 is 0 Å². The van der Waals surface area contributed by atoms with Crippen molar-refractivity contribution in [3.05, 3.63) is 47.5 Å². The van der Waals surface area contributed by atoms with Crippen LogP contribution in [0.25, 0.3) is 0 Å². The molecule has 1 aliphatic heterocycles. The molecule has 0 spiro atoms. The predicted octanol–water partition coefficient (Wildman–Crippen LogP) is 2.77. The highest BCUT2D eigenvalue weighted by atomic mass is 19.1. The van der Waals surface area contributed by atoms with Crippen molar-refractivity contribution in [1.29, 1.82) is 5.26 Å². The van der Waals surface area contributed by atoms with Crippen LogP contribution in [-0.4, -0.2) is 16.3 Å². The summed E-state index contributed by atoms with van der Waals surface area (Å²) < 4.78 is 15.5. The van der Waals surface area contributed by atoms with Crippen molar-refractivity contribution in [3.8, 4) is 6.07 Å². The maximum absolute atomic E-state index is 13.8. The highest BCUT2D eigenvalue weighted by Crippen LogP contribution is 2.37. The first-order chi connectivity index (χ1) is 9.70. The lowest BCUT2D eigenvalue weighted by molar-refractivity contribution is 0.621. The van der Waals surface area contributed by atoms with Crippen LogP contribution in [0.4, 0.5) is 10.1 Å². The summed E-state index contributed by atoms with van der Waals surface area (Å²) >= 11 is 0. The fraction of sp³-hybridized carbons (Fsp3) is 0.333. The van der Waals surface area contributed by atoms with Crippen LogP contribution in [0.15, 0.2) is 30.6 Å². The van der Waals surface area contributed by atoms with Crippen LogP contribution in [0.5, 0.6) is 0 Å². The molecular weight excluding hydrogens is 255 g/mol. The van der Waals surface area contributed by atoms with Gasteiger partial charge in [-0.05, 0) is 25.0 Å².